The van der Waals surface area contributed by atoms with Crippen LogP contribution in [0.25, 0.3) is 5.69 Å². The molecule has 3 aromatic rings. The number of nitro groups is 1. The van der Waals surface area contributed by atoms with Gasteiger partial charge in [0.1, 0.15) is 0 Å². The Bertz CT molecular complexity index is 941. The maximum atomic E-state index is 10.7. The van der Waals surface area contributed by atoms with Gasteiger partial charge >= 0.3 is 0 Å². The van der Waals surface area contributed by atoms with Crippen LogP contribution in [0.2, 0.25) is 0 Å². The standard InChI is InChI=1S/C21H24N6O2.HI/c1-2-22-21(24-16-18-6-10-20(11-7-18)27(28)29)23-14-12-17-4-8-19(9-5-17)26-15-3-13-25-26;/h3-11,13,15H,2,12,14,16H2,1H3,(H2,22,23,24);1H. The van der Waals surface area contributed by atoms with Crippen molar-refractivity contribution in [3.8, 4) is 5.69 Å². The Morgan fingerprint density at radius 3 is 2.40 bits per heavy atom. The van der Waals surface area contributed by atoms with E-state index >= 15 is 0 Å². The molecule has 9 heteroatoms. The fourth-order valence-corrected chi connectivity index (χ4v) is 2.80. The number of halogens is 1. The van der Waals surface area contributed by atoms with Gasteiger partial charge in [0, 0.05) is 37.6 Å². The zero-order valence-corrected chi connectivity index (χ0v) is 19.0. The van der Waals surface area contributed by atoms with Crippen LogP contribution in [0.15, 0.2) is 72.0 Å². The van der Waals surface area contributed by atoms with Crippen LogP contribution < -0.4 is 10.6 Å². The maximum Gasteiger partial charge on any atom is 0.269 e. The monoisotopic (exact) mass is 520 g/mol. The van der Waals surface area contributed by atoms with E-state index in [9.17, 15) is 10.1 Å². The first-order chi connectivity index (χ1) is 14.2. The van der Waals surface area contributed by atoms with Gasteiger partial charge in [-0.2, -0.15) is 5.10 Å². The predicted molar refractivity (Wildman–Crippen MR) is 129 cm³/mol. The third-order valence-corrected chi connectivity index (χ3v) is 4.32. The summed E-state index contributed by atoms with van der Waals surface area (Å²) in [6.45, 7) is 3.96. The van der Waals surface area contributed by atoms with Gasteiger partial charge in [-0.05, 0) is 42.7 Å². The van der Waals surface area contributed by atoms with Crippen molar-refractivity contribution in [3.05, 3.63) is 88.2 Å². The predicted octanol–water partition coefficient (Wildman–Crippen LogP) is 3.70. The molecule has 1 heterocycles. The van der Waals surface area contributed by atoms with Crippen molar-refractivity contribution in [2.75, 3.05) is 13.1 Å². The Kier molecular flexibility index (Phi) is 9.26. The summed E-state index contributed by atoms with van der Waals surface area (Å²) in [5.41, 5.74) is 3.26. The third kappa shape index (κ3) is 6.83. The van der Waals surface area contributed by atoms with Crippen molar-refractivity contribution in [1.29, 1.82) is 0 Å². The molecule has 0 atom stereocenters. The van der Waals surface area contributed by atoms with Crippen LogP contribution in [-0.4, -0.2) is 33.8 Å². The van der Waals surface area contributed by atoms with Gasteiger partial charge in [-0.1, -0.05) is 24.3 Å². The molecule has 2 aromatic carbocycles. The second-order valence-corrected chi connectivity index (χ2v) is 6.41. The number of benzene rings is 2. The maximum absolute atomic E-state index is 10.7. The second-order valence-electron chi connectivity index (χ2n) is 6.41. The van der Waals surface area contributed by atoms with Crippen molar-refractivity contribution in [2.24, 2.45) is 4.99 Å². The fraction of sp³-hybridized carbons (Fsp3) is 0.238. The smallest absolute Gasteiger partial charge is 0.269 e. The molecule has 0 aliphatic carbocycles. The van der Waals surface area contributed by atoms with E-state index in [0.29, 0.717) is 6.54 Å². The minimum atomic E-state index is -0.403. The lowest BCUT2D eigenvalue weighted by molar-refractivity contribution is -0.384. The van der Waals surface area contributed by atoms with Crippen molar-refractivity contribution < 1.29 is 4.92 Å². The summed E-state index contributed by atoms with van der Waals surface area (Å²) in [5.74, 6) is 0.721. The number of hydrogen-bond donors (Lipinski definition) is 2. The van der Waals surface area contributed by atoms with E-state index < -0.39 is 4.92 Å². The number of aromatic nitrogens is 2. The number of non-ortho nitro benzene ring substituents is 1. The average molecular weight is 520 g/mol. The van der Waals surface area contributed by atoms with Gasteiger partial charge in [0.2, 0.25) is 0 Å². The van der Waals surface area contributed by atoms with Crippen LogP contribution in [0.5, 0.6) is 0 Å². The molecular formula is C21H25IN6O2. The summed E-state index contributed by atoms with van der Waals surface area (Å²) in [6, 6.07) is 16.6. The summed E-state index contributed by atoms with van der Waals surface area (Å²) in [5, 5.41) is 21.5. The quantitative estimate of drug-likeness (QED) is 0.155. The molecule has 30 heavy (non-hydrogen) atoms. The SMILES string of the molecule is CCNC(=NCc1ccc([N+](=O)[O-])cc1)NCCc1ccc(-n2cccn2)cc1.I. The van der Waals surface area contributed by atoms with Crippen LogP contribution in [0, 0.1) is 10.1 Å². The molecular weight excluding hydrogens is 495 g/mol. The Labute approximate surface area is 192 Å². The Balaban J connectivity index is 0.00000320. The van der Waals surface area contributed by atoms with Crippen molar-refractivity contribution in [3.63, 3.8) is 0 Å². The number of hydrogen-bond acceptors (Lipinski definition) is 4. The molecule has 0 fully saturated rings. The largest absolute Gasteiger partial charge is 0.357 e. The van der Waals surface area contributed by atoms with Crippen molar-refractivity contribution in [1.82, 2.24) is 20.4 Å². The molecule has 0 amide bonds. The Morgan fingerprint density at radius 1 is 1.10 bits per heavy atom. The highest BCUT2D eigenvalue weighted by atomic mass is 127. The van der Waals surface area contributed by atoms with Crippen molar-refractivity contribution in [2.45, 2.75) is 19.9 Å². The van der Waals surface area contributed by atoms with E-state index in [1.807, 2.05) is 23.9 Å². The van der Waals surface area contributed by atoms with Gasteiger partial charge in [0.15, 0.2) is 5.96 Å². The summed E-state index contributed by atoms with van der Waals surface area (Å²) in [6.07, 6.45) is 4.54. The topological polar surface area (TPSA) is 97.4 Å². The van der Waals surface area contributed by atoms with E-state index in [1.54, 1.807) is 18.3 Å². The highest BCUT2D eigenvalue weighted by molar-refractivity contribution is 14.0. The summed E-state index contributed by atoms with van der Waals surface area (Å²) < 4.78 is 1.83. The van der Waals surface area contributed by atoms with E-state index in [0.717, 1.165) is 36.7 Å². The average Bonchev–Trinajstić information content (AvgIpc) is 3.28. The number of guanidine groups is 1. The van der Waals surface area contributed by atoms with E-state index in [2.05, 4.69) is 45.0 Å². The fourth-order valence-electron chi connectivity index (χ4n) is 2.80. The lowest BCUT2D eigenvalue weighted by Gasteiger charge is -2.11. The number of nitro benzene ring substituents is 1. The first kappa shape index (κ1) is 23.3. The first-order valence-electron chi connectivity index (χ1n) is 9.50. The zero-order chi connectivity index (χ0) is 20.5. The van der Waals surface area contributed by atoms with E-state index in [4.69, 9.17) is 0 Å². The molecule has 0 unspecified atom stereocenters. The molecule has 0 saturated heterocycles. The minimum Gasteiger partial charge on any atom is -0.357 e. The molecule has 0 aliphatic rings. The van der Waals surface area contributed by atoms with Crippen LogP contribution >= 0.6 is 24.0 Å². The third-order valence-electron chi connectivity index (χ3n) is 4.32. The summed E-state index contributed by atoms with van der Waals surface area (Å²) in [4.78, 5) is 14.9. The van der Waals surface area contributed by atoms with Crippen LogP contribution in [0.4, 0.5) is 5.69 Å². The lowest BCUT2D eigenvalue weighted by Crippen LogP contribution is -2.38. The zero-order valence-electron chi connectivity index (χ0n) is 16.7. The number of aliphatic imine (C=N–C) groups is 1. The van der Waals surface area contributed by atoms with E-state index in [-0.39, 0.29) is 29.7 Å². The molecule has 0 spiro atoms. The van der Waals surface area contributed by atoms with Gasteiger partial charge in [0.05, 0.1) is 17.2 Å². The molecule has 1 aromatic heterocycles. The number of rotatable bonds is 8. The molecule has 2 N–H and O–H groups in total. The summed E-state index contributed by atoms with van der Waals surface area (Å²) >= 11 is 0. The minimum absolute atomic E-state index is 0. The molecule has 3 rings (SSSR count). The van der Waals surface area contributed by atoms with Gasteiger partial charge in [-0.15, -0.1) is 24.0 Å². The molecule has 0 bridgehead atoms. The van der Waals surface area contributed by atoms with Crippen LogP contribution in [0.1, 0.15) is 18.1 Å². The first-order valence-corrected chi connectivity index (χ1v) is 9.50. The van der Waals surface area contributed by atoms with Crippen molar-refractivity contribution >= 4 is 35.6 Å². The molecule has 158 valence electrons. The van der Waals surface area contributed by atoms with Gasteiger partial charge in [-0.3, -0.25) is 10.1 Å². The number of nitrogens with zero attached hydrogens (tertiary/aromatic N) is 4. The highest BCUT2D eigenvalue weighted by Crippen LogP contribution is 2.12. The molecule has 0 radical (unpaired) electrons. The van der Waals surface area contributed by atoms with Gasteiger partial charge < -0.3 is 10.6 Å². The van der Waals surface area contributed by atoms with Gasteiger partial charge in [-0.25, -0.2) is 9.67 Å². The van der Waals surface area contributed by atoms with Crippen LogP contribution in [-0.2, 0) is 13.0 Å². The number of nitrogens with one attached hydrogen (secondary N) is 2. The Hall–Kier alpha value is -2.95. The molecule has 8 nitrogen and oxygen atoms in total. The Morgan fingerprint density at radius 2 is 1.80 bits per heavy atom. The summed E-state index contributed by atoms with van der Waals surface area (Å²) in [7, 11) is 0. The molecule has 0 aliphatic heterocycles. The lowest BCUT2D eigenvalue weighted by atomic mass is 10.1. The van der Waals surface area contributed by atoms with E-state index in [1.165, 1.54) is 17.7 Å². The van der Waals surface area contributed by atoms with Crippen LogP contribution in [0.3, 0.4) is 0 Å². The normalized spacial score (nSPS) is 10.9. The highest BCUT2D eigenvalue weighted by Gasteiger charge is 2.04. The van der Waals surface area contributed by atoms with Gasteiger partial charge in [0.25, 0.3) is 5.69 Å². The molecule has 0 saturated carbocycles. The second kappa shape index (κ2) is 11.9.